The Morgan fingerprint density at radius 3 is 2.76 bits per heavy atom. The zero-order valence-corrected chi connectivity index (χ0v) is 9.16. The molecule has 0 fully saturated rings. The molecule has 0 aliphatic rings. The molecule has 0 spiro atoms. The van der Waals surface area contributed by atoms with Gasteiger partial charge in [0.25, 0.3) is 6.43 Å². The Morgan fingerprint density at radius 2 is 2.06 bits per heavy atom. The maximum Gasteiger partial charge on any atom is 0.263 e. The van der Waals surface area contributed by atoms with E-state index in [9.17, 15) is 8.78 Å². The molecule has 1 aromatic carbocycles. The van der Waals surface area contributed by atoms with Crippen LogP contribution in [0.15, 0.2) is 36.7 Å². The Labute approximate surface area is 97.9 Å². The van der Waals surface area contributed by atoms with Crippen LogP contribution in [0.2, 0.25) is 0 Å². The number of aromatic amines is 1. The number of halogens is 2. The van der Waals surface area contributed by atoms with Crippen molar-refractivity contribution in [3.8, 4) is 0 Å². The van der Waals surface area contributed by atoms with Crippen LogP contribution in [-0.2, 0) is 13.1 Å². The van der Waals surface area contributed by atoms with E-state index in [4.69, 9.17) is 0 Å². The summed E-state index contributed by atoms with van der Waals surface area (Å²) in [6.45, 7) is 1.22. The molecule has 17 heavy (non-hydrogen) atoms. The highest BCUT2D eigenvalue weighted by Crippen LogP contribution is 2.19. The predicted octanol–water partition coefficient (Wildman–Crippen LogP) is 2.64. The second-order valence-corrected chi connectivity index (χ2v) is 3.76. The summed E-state index contributed by atoms with van der Waals surface area (Å²) in [5, 5.41) is 9.70. The van der Waals surface area contributed by atoms with Crippen molar-refractivity contribution in [2.45, 2.75) is 19.5 Å². The van der Waals surface area contributed by atoms with Gasteiger partial charge in [-0.05, 0) is 11.6 Å². The normalized spacial score (nSPS) is 11.0. The van der Waals surface area contributed by atoms with Crippen LogP contribution < -0.4 is 5.32 Å². The highest BCUT2D eigenvalue weighted by molar-refractivity contribution is 5.24. The van der Waals surface area contributed by atoms with E-state index < -0.39 is 6.43 Å². The summed E-state index contributed by atoms with van der Waals surface area (Å²) in [6, 6.07) is 6.43. The summed E-state index contributed by atoms with van der Waals surface area (Å²) in [5.74, 6) is 0. The van der Waals surface area contributed by atoms with E-state index in [-0.39, 0.29) is 5.56 Å². The molecule has 0 bridgehead atoms. The molecule has 2 rings (SSSR count). The van der Waals surface area contributed by atoms with Crippen LogP contribution in [0.3, 0.4) is 0 Å². The first-order chi connectivity index (χ1) is 8.25. The molecule has 0 saturated heterocycles. The second kappa shape index (κ2) is 5.54. The Kier molecular flexibility index (Phi) is 3.82. The third kappa shape index (κ3) is 3.35. The molecule has 0 aliphatic heterocycles. The van der Waals surface area contributed by atoms with Crippen LogP contribution in [-0.4, -0.2) is 10.2 Å². The lowest BCUT2D eigenvalue weighted by atomic mass is 10.1. The monoisotopic (exact) mass is 237 g/mol. The number of hydrogen-bond donors (Lipinski definition) is 2. The van der Waals surface area contributed by atoms with Crippen molar-refractivity contribution in [2.24, 2.45) is 0 Å². The fraction of sp³-hybridized carbons (Fsp3) is 0.250. The number of benzene rings is 1. The van der Waals surface area contributed by atoms with E-state index in [1.807, 2.05) is 6.07 Å². The standard InChI is InChI=1S/C12H13F2N3/c13-12(14)11-3-1-2-9(4-11)5-15-6-10-7-16-17-8-10/h1-4,7-8,12,15H,5-6H2,(H,16,17). The van der Waals surface area contributed by atoms with E-state index >= 15 is 0 Å². The highest BCUT2D eigenvalue weighted by Gasteiger charge is 2.06. The average molecular weight is 237 g/mol. The van der Waals surface area contributed by atoms with Gasteiger partial charge in [-0.3, -0.25) is 5.10 Å². The third-order valence-electron chi connectivity index (χ3n) is 2.42. The van der Waals surface area contributed by atoms with Crippen LogP contribution in [0.25, 0.3) is 0 Å². The number of H-pyrrole nitrogens is 1. The molecule has 0 aliphatic carbocycles. The van der Waals surface area contributed by atoms with Crippen molar-refractivity contribution in [3.63, 3.8) is 0 Å². The molecule has 1 aromatic heterocycles. The molecule has 1 heterocycles. The van der Waals surface area contributed by atoms with E-state index in [0.29, 0.717) is 13.1 Å². The van der Waals surface area contributed by atoms with Gasteiger partial charge in [0.15, 0.2) is 0 Å². The van der Waals surface area contributed by atoms with Crippen LogP contribution in [0, 0.1) is 0 Å². The van der Waals surface area contributed by atoms with Crippen LogP contribution in [0.5, 0.6) is 0 Å². The summed E-state index contributed by atoms with van der Waals surface area (Å²) < 4.78 is 24.9. The fourth-order valence-corrected chi connectivity index (χ4v) is 1.56. The van der Waals surface area contributed by atoms with Gasteiger partial charge in [0.1, 0.15) is 0 Å². The van der Waals surface area contributed by atoms with Crippen molar-refractivity contribution in [1.82, 2.24) is 15.5 Å². The molecule has 3 nitrogen and oxygen atoms in total. The molecule has 0 radical (unpaired) electrons. The van der Waals surface area contributed by atoms with Gasteiger partial charge in [-0.1, -0.05) is 18.2 Å². The van der Waals surface area contributed by atoms with Crippen molar-refractivity contribution in [1.29, 1.82) is 0 Å². The van der Waals surface area contributed by atoms with Crippen LogP contribution in [0.1, 0.15) is 23.1 Å². The van der Waals surface area contributed by atoms with Gasteiger partial charge in [-0.15, -0.1) is 0 Å². The number of aromatic nitrogens is 2. The van der Waals surface area contributed by atoms with Crippen molar-refractivity contribution >= 4 is 0 Å². The SMILES string of the molecule is FC(F)c1cccc(CNCc2cn[nH]c2)c1. The van der Waals surface area contributed by atoms with Crippen molar-refractivity contribution in [3.05, 3.63) is 53.3 Å². The molecule has 0 atom stereocenters. The first kappa shape index (κ1) is 11.7. The van der Waals surface area contributed by atoms with Gasteiger partial charge in [0.2, 0.25) is 0 Å². The maximum atomic E-state index is 12.5. The first-order valence-electron chi connectivity index (χ1n) is 5.31. The summed E-state index contributed by atoms with van der Waals surface area (Å²) >= 11 is 0. The van der Waals surface area contributed by atoms with Crippen molar-refractivity contribution < 1.29 is 8.78 Å². The summed E-state index contributed by atoms with van der Waals surface area (Å²) in [6.07, 6.45) is 1.11. The Hall–Kier alpha value is -1.75. The number of nitrogens with one attached hydrogen (secondary N) is 2. The number of hydrogen-bond acceptors (Lipinski definition) is 2. The lowest BCUT2D eigenvalue weighted by Gasteiger charge is -2.05. The molecule has 2 N–H and O–H groups in total. The van der Waals surface area contributed by atoms with Crippen LogP contribution >= 0.6 is 0 Å². The molecule has 5 heteroatoms. The average Bonchev–Trinajstić information content (AvgIpc) is 2.82. The quantitative estimate of drug-likeness (QED) is 0.839. The van der Waals surface area contributed by atoms with E-state index in [1.54, 1.807) is 18.5 Å². The first-order valence-corrected chi connectivity index (χ1v) is 5.31. The molecule has 0 saturated carbocycles. The summed E-state index contributed by atoms with van der Waals surface area (Å²) in [7, 11) is 0. The second-order valence-electron chi connectivity index (χ2n) is 3.76. The predicted molar refractivity (Wildman–Crippen MR) is 60.5 cm³/mol. The van der Waals surface area contributed by atoms with Gasteiger partial charge >= 0.3 is 0 Å². The molecular formula is C12H13F2N3. The van der Waals surface area contributed by atoms with Gasteiger partial charge < -0.3 is 5.32 Å². The molecule has 0 unspecified atom stereocenters. The van der Waals surface area contributed by atoms with E-state index in [1.165, 1.54) is 12.1 Å². The van der Waals surface area contributed by atoms with E-state index in [0.717, 1.165) is 11.1 Å². The zero-order chi connectivity index (χ0) is 12.1. The molecular weight excluding hydrogens is 224 g/mol. The Morgan fingerprint density at radius 1 is 1.24 bits per heavy atom. The minimum absolute atomic E-state index is 0.0626. The van der Waals surface area contributed by atoms with Crippen LogP contribution in [0.4, 0.5) is 8.78 Å². The highest BCUT2D eigenvalue weighted by atomic mass is 19.3. The largest absolute Gasteiger partial charge is 0.309 e. The Bertz CT molecular complexity index is 455. The summed E-state index contributed by atoms with van der Waals surface area (Å²) in [5.41, 5.74) is 1.95. The lowest BCUT2D eigenvalue weighted by Crippen LogP contribution is -2.12. The minimum atomic E-state index is -2.41. The zero-order valence-electron chi connectivity index (χ0n) is 9.16. The lowest BCUT2D eigenvalue weighted by molar-refractivity contribution is 0.151. The molecule has 90 valence electrons. The number of nitrogens with zero attached hydrogens (tertiary/aromatic N) is 1. The Balaban J connectivity index is 1.88. The van der Waals surface area contributed by atoms with E-state index in [2.05, 4.69) is 15.5 Å². The molecule has 0 amide bonds. The van der Waals surface area contributed by atoms with Gasteiger partial charge in [0.05, 0.1) is 6.20 Å². The molecule has 2 aromatic rings. The topological polar surface area (TPSA) is 40.7 Å². The van der Waals surface area contributed by atoms with Gasteiger partial charge in [-0.2, -0.15) is 5.10 Å². The third-order valence-corrected chi connectivity index (χ3v) is 2.42. The fourth-order valence-electron chi connectivity index (χ4n) is 1.56. The van der Waals surface area contributed by atoms with Gasteiger partial charge in [0, 0.05) is 30.4 Å². The number of rotatable bonds is 5. The number of alkyl halides is 2. The smallest absolute Gasteiger partial charge is 0.263 e. The minimum Gasteiger partial charge on any atom is -0.309 e. The maximum absolute atomic E-state index is 12.5. The van der Waals surface area contributed by atoms with Gasteiger partial charge in [-0.25, -0.2) is 8.78 Å². The summed E-state index contributed by atoms with van der Waals surface area (Å²) in [4.78, 5) is 0. The van der Waals surface area contributed by atoms with Crippen molar-refractivity contribution in [2.75, 3.05) is 0 Å².